The Morgan fingerprint density at radius 3 is 2.53 bits per heavy atom. The Bertz CT molecular complexity index is 382. The smallest absolute Gasteiger partial charge is 0.223 e. The number of nitrogens with two attached hydrogens (primary N) is 1. The van der Waals surface area contributed by atoms with E-state index in [1.807, 2.05) is 29.2 Å². The molecule has 1 amide bonds. The number of carbonyl (C=O) groups is 1. The molecule has 3 heteroatoms. The minimum absolute atomic E-state index is 0.284. The van der Waals surface area contributed by atoms with Crippen molar-refractivity contribution in [3.05, 3.63) is 29.8 Å². The molecule has 2 rings (SSSR count). The van der Waals surface area contributed by atoms with Crippen molar-refractivity contribution in [2.45, 2.75) is 38.6 Å². The van der Waals surface area contributed by atoms with Crippen molar-refractivity contribution in [3.8, 4) is 0 Å². The van der Waals surface area contributed by atoms with Crippen molar-refractivity contribution in [2.24, 2.45) is 0 Å². The number of hydrogen-bond acceptors (Lipinski definition) is 2. The SMILES string of the molecule is CCN(C(=O)CCc1ccc(N)cc1)C1CC1. The Morgan fingerprint density at radius 1 is 1.35 bits per heavy atom. The molecule has 3 nitrogen and oxygen atoms in total. The Balaban J connectivity index is 1.84. The van der Waals surface area contributed by atoms with Gasteiger partial charge in [-0.2, -0.15) is 0 Å². The molecule has 0 heterocycles. The van der Waals surface area contributed by atoms with E-state index in [2.05, 4.69) is 6.92 Å². The van der Waals surface area contributed by atoms with Crippen LogP contribution in [0.1, 0.15) is 31.7 Å². The summed E-state index contributed by atoms with van der Waals surface area (Å²) in [5.74, 6) is 0.284. The van der Waals surface area contributed by atoms with E-state index in [9.17, 15) is 4.79 Å². The molecule has 1 saturated carbocycles. The third-order valence-electron chi connectivity index (χ3n) is 3.26. The highest BCUT2D eigenvalue weighted by atomic mass is 16.2. The van der Waals surface area contributed by atoms with Gasteiger partial charge in [0.25, 0.3) is 0 Å². The second-order valence-corrected chi connectivity index (χ2v) is 4.65. The van der Waals surface area contributed by atoms with Crippen LogP contribution in [-0.4, -0.2) is 23.4 Å². The molecule has 2 N–H and O–H groups in total. The van der Waals surface area contributed by atoms with Gasteiger partial charge >= 0.3 is 0 Å². The van der Waals surface area contributed by atoms with E-state index in [1.54, 1.807) is 0 Å². The minimum Gasteiger partial charge on any atom is -0.399 e. The highest BCUT2D eigenvalue weighted by Gasteiger charge is 2.30. The van der Waals surface area contributed by atoms with Gasteiger partial charge in [0.1, 0.15) is 0 Å². The lowest BCUT2D eigenvalue weighted by molar-refractivity contribution is -0.131. The van der Waals surface area contributed by atoms with Crippen LogP contribution < -0.4 is 5.73 Å². The van der Waals surface area contributed by atoms with Crippen LogP contribution in [0.4, 0.5) is 5.69 Å². The van der Waals surface area contributed by atoms with Crippen LogP contribution in [-0.2, 0) is 11.2 Å². The molecule has 0 radical (unpaired) electrons. The number of benzene rings is 1. The van der Waals surface area contributed by atoms with E-state index >= 15 is 0 Å². The standard InChI is InChI=1S/C14H20N2O/c1-2-16(13-8-9-13)14(17)10-5-11-3-6-12(15)7-4-11/h3-4,6-7,13H,2,5,8-10,15H2,1H3. The summed E-state index contributed by atoms with van der Waals surface area (Å²) < 4.78 is 0. The number of aryl methyl sites for hydroxylation is 1. The zero-order valence-electron chi connectivity index (χ0n) is 10.4. The maximum absolute atomic E-state index is 12.0. The molecule has 0 aromatic heterocycles. The number of carbonyl (C=O) groups excluding carboxylic acids is 1. The maximum Gasteiger partial charge on any atom is 0.223 e. The van der Waals surface area contributed by atoms with Gasteiger partial charge in [0.15, 0.2) is 0 Å². The van der Waals surface area contributed by atoms with Gasteiger partial charge in [0.05, 0.1) is 0 Å². The van der Waals surface area contributed by atoms with Crippen molar-refractivity contribution in [1.82, 2.24) is 4.90 Å². The summed E-state index contributed by atoms with van der Waals surface area (Å²) in [5.41, 5.74) is 7.58. The monoisotopic (exact) mass is 232 g/mol. The van der Waals surface area contributed by atoms with Gasteiger partial charge < -0.3 is 10.6 Å². The molecule has 0 unspecified atom stereocenters. The van der Waals surface area contributed by atoms with E-state index in [0.29, 0.717) is 12.5 Å². The fourth-order valence-electron chi connectivity index (χ4n) is 2.10. The first-order chi connectivity index (χ1) is 8.20. The average Bonchev–Trinajstić information content (AvgIpc) is 3.14. The molecule has 0 spiro atoms. The number of nitrogens with zero attached hydrogens (tertiary/aromatic N) is 1. The third kappa shape index (κ3) is 3.22. The summed E-state index contributed by atoms with van der Waals surface area (Å²) in [6.07, 6.45) is 3.78. The van der Waals surface area contributed by atoms with Gasteiger partial charge in [-0.25, -0.2) is 0 Å². The van der Waals surface area contributed by atoms with Crippen LogP contribution in [0.25, 0.3) is 0 Å². The fraction of sp³-hybridized carbons (Fsp3) is 0.500. The molecule has 0 atom stereocenters. The Kier molecular flexibility index (Phi) is 3.67. The van der Waals surface area contributed by atoms with Crippen molar-refractivity contribution in [2.75, 3.05) is 12.3 Å². The molecule has 0 aliphatic heterocycles. The van der Waals surface area contributed by atoms with Crippen LogP contribution in [0.2, 0.25) is 0 Å². The van der Waals surface area contributed by atoms with Gasteiger partial charge in [-0.1, -0.05) is 12.1 Å². The van der Waals surface area contributed by atoms with Gasteiger partial charge in [0.2, 0.25) is 5.91 Å². The predicted octanol–water partition coefficient (Wildman–Crippen LogP) is 2.21. The average molecular weight is 232 g/mol. The summed E-state index contributed by atoms with van der Waals surface area (Å²) in [6.45, 7) is 2.89. The van der Waals surface area contributed by atoms with Crippen LogP contribution in [0.3, 0.4) is 0 Å². The topological polar surface area (TPSA) is 46.3 Å². The first-order valence-corrected chi connectivity index (χ1v) is 6.34. The molecule has 1 aliphatic rings. The third-order valence-corrected chi connectivity index (χ3v) is 3.26. The number of rotatable bonds is 5. The highest BCUT2D eigenvalue weighted by molar-refractivity contribution is 5.77. The van der Waals surface area contributed by atoms with Crippen LogP contribution in [0.15, 0.2) is 24.3 Å². The van der Waals surface area contributed by atoms with Crippen molar-refractivity contribution >= 4 is 11.6 Å². The van der Waals surface area contributed by atoms with E-state index < -0.39 is 0 Å². The Labute approximate surface area is 103 Å². The number of anilines is 1. The zero-order valence-corrected chi connectivity index (χ0v) is 10.4. The van der Waals surface area contributed by atoms with Crippen molar-refractivity contribution in [3.63, 3.8) is 0 Å². The lowest BCUT2D eigenvalue weighted by Crippen LogP contribution is -2.32. The minimum atomic E-state index is 0.284. The Morgan fingerprint density at radius 2 is 2.00 bits per heavy atom. The van der Waals surface area contributed by atoms with Crippen molar-refractivity contribution in [1.29, 1.82) is 0 Å². The summed E-state index contributed by atoms with van der Waals surface area (Å²) in [7, 11) is 0. The van der Waals surface area contributed by atoms with Gasteiger partial charge in [-0.05, 0) is 43.9 Å². The number of hydrogen-bond donors (Lipinski definition) is 1. The molecule has 1 aromatic rings. The summed E-state index contributed by atoms with van der Waals surface area (Å²) >= 11 is 0. The van der Waals surface area contributed by atoms with Gasteiger partial charge in [-0.15, -0.1) is 0 Å². The molecular weight excluding hydrogens is 212 g/mol. The quantitative estimate of drug-likeness (QED) is 0.791. The van der Waals surface area contributed by atoms with E-state index in [4.69, 9.17) is 5.73 Å². The first kappa shape index (κ1) is 12.0. The summed E-state index contributed by atoms with van der Waals surface area (Å²) in [6, 6.07) is 8.29. The van der Waals surface area contributed by atoms with Gasteiger partial charge in [-0.3, -0.25) is 4.79 Å². The molecule has 0 saturated heterocycles. The zero-order chi connectivity index (χ0) is 12.3. The molecular formula is C14H20N2O. The van der Waals surface area contributed by atoms with Crippen molar-refractivity contribution < 1.29 is 4.79 Å². The fourth-order valence-corrected chi connectivity index (χ4v) is 2.10. The van der Waals surface area contributed by atoms with E-state index in [1.165, 1.54) is 18.4 Å². The molecule has 92 valence electrons. The van der Waals surface area contributed by atoms with Crippen LogP contribution in [0, 0.1) is 0 Å². The molecule has 1 aromatic carbocycles. The lowest BCUT2D eigenvalue weighted by atomic mass is 10.1. The Hall–Kier alpha value is -1.51. The predicted molar refractivity (Wildman–Crippen MR) is 69.6 cm³/mol. The van der Waals surface area contributed by atoms with E-state index in [-0.39, 0.29) is 5.91 Å². The first-order valence-electron chi connectivity index (χ1n) is 6.34. The second-order valence-electron chi connectivity index (χ2n) is 4.65. The number of amides is 1. The molecule has 1 fully saturated rings. The maximum atomic E-state index is 12.0. The summed E-state index contributed by atoms with van der Waals surface area (Å²) in [5, 5.41) is 0. The van der Waals surface area contributed by atoms with Gasteiger partial charge in [0, 0.05) is 24.7 Å². The van der Waals surface area contributed by atoms with E-state index in [0.717, 1.165) is 18.7 Å². The van der Waals surface area contributed by atoms with Crippen LogP contribution >= 0.6 is 0 Å². The second kappa shape index (κ2) is 5.21. The lowest BCUT2D eigenvalue weighted by Gasteiger charge is -2.20. The normalized spacial score (nSPS) is 14.6. The number of nitrogen functional groups attached to an aromatic ring is 1. The largest absolute Gasteiger partial charge is 0.399 e. The molecule has 17 heavy (non-hydrogen) atoms. The summed E-state index contributed by atoms with van der Waals surface area (Å²) in [4.78, 5) is 14.0. The highest BCUT2D eigenvalue weighted by Crippen LogP contribution is 2.27. The molecule has 1 aliphatic carbocycles. The van der Waals surface area contributed by atoms with Crippen LogP contribution in [0.5, 0.6) is 0 Å². The molecule has 0 bridgehead atoms.